The molecule has 1 aliphatic heterocycles. The molecule has 6 heteroatoms. The van der Waals surface area contributed by atoms with Gasteiger partial charge in [0.15, 0.2) is 5.82 Å². The average molecular weight is 286 g/mol. The van der Waals surface area contributed by atoms with Crippen LogP contribution in [0.5, 0.6) is 0 Å². The quantitative estimate of drug-likeness (QED) is 0.891. The van der Waals surface area contributed by atoms with Crippen molar-refractivity contribution in [2.75, 3.05) is 43.5 Å². The minimum absolute atomic E-state index is 0.470. The summed E-state index contributed by atoms with van der Waals surface area (Å²) in [5, 5.41) is 10.9. The van der Waals surface area contributed by atoms with E-state index in [4.69, 9.17) is 0 Å². The number of H-pyrrole nitrogens is 1. The van der Waals surface area contributed by atoms with Gasteiger partial charge in [0.25, 0.3) is 0 Å². The second-order valence-electron chi connectivity index (χ2n) is 5.73. The first-order valence-electron chi connectivity index (χ1n) is 7.32. The zero-order chi connectivity index (χ0) is 14.8. The lowest BCUT2D eigenvalue weighted by Crippen LogP contribution is -2.49. The second kappa shape index (κ2) is 5.73. The van der Waals surface area contributed by atoms with Crippen LogP contribution in [0.2, 0.25) is 0 Å². The van der Waals surface area contributed by atoms with Crippen LogP contribution < -0.4 is 15.1 Å². The van der Waals surface area contributed by atoms with Crippen LogP contribution >= 0.6 is 0 Å². The Balaban J connectivity index is 1.83. The molecule has 1 fully saturated rings. The first-order chi connectivity index (χ1) is 10.1. The molecule has 0 amide bonds. The number of nitrogens with one attached hydrogen (secondary N) is 2. The van der Waals surface area contributed by atoms with Gasteiger partial charge in [-0.3, -0.25) is 5.10 Å². The number of aromatic nitrogens is 3. The maximum absolute atomic E-state index is 4.65. The third-order valence-electron chi connectivity index (χ3n) is 3.76. The Morgan fingerprint density at radius 2 is 2.19 bits per heavy atom. The number of anilines is 2. The number of hydrogen-bond acceptors (Lipinski definition) is 5. The van der Waals surface area contributed by atoms with Crippen LogP contribution in [0.1, 0.15) is 6.92 Å². The van der Waals surface area contributed by atoms with Gasteiger partial charge in [-0.1, -0.05) is 12.1 Å². The largest absolute Gasteiger partial charge is 0.378 e. The standard InChI is InChI=1S/C15H22N6/c1-11-10-21(8-7-16-11)15-17-14(18-19-15)12-5-4-6-13(9-12)20(2)3/h4-6,9,11,16H,7-8,10H2,1-3H3,(H,17,18,19)/t11-/m1/s1. The lowest BCUT2D eigenvalue weighted by Gasteiger charge is -2.30. The molecule has 3 rings (SSSR count). The summed E-state index contributed by atoms with van der Waals surface area (Å²) in [5.74, 6) is 1.61. The summed E-state index contributed by atoms with van der Waals surface area (Å²) in [6.45, 7) is 5.04. The van der Waals surface area contributed by atoms with Crippen molar-refractivity contribution in [3.8, 4) is 11.4 Å². The summed E-state index contributed by atoms with van der Waals surface area (Å²) in [5.41, 5.74) is 2.21. The first-order valence-corrected chi connectivity index (χ1v) is 7.32. The minimum atomic E-state index is 0.470. The number of benzene rings is 1. The fourth-order valence-electron chi connectivity index (χ4n) is 2.57. The van der Waals surface area contributed by atoms with Crippen LogP contribution in [-0.4, -0.2) is 55.0 Å². The highest BCUT2D eigenvalue weighted by Gasteiger charge is 2.19. The number of hydrogen-bond donors (Lipinski definition) is 2. The summed E-state index contributed by atoms with van der Waals surface area (Å²) in [6.07, 6.45) is 0. The smallest absolute Gasteiger partial charge is 0.245 e. The molecule has 1 aromatic carbocycles. The Morgan fingerprint density at radius 3 is 2.95 bits per heavy atom. The third-order valence-corrected chi connectivity index (χ3v) is 3.76. The molecule has 0 spiro atoms. The molecule has 6 nitrogen and oxygen atoms in total. The fourth-order valence-corrected chi connectivity index (χ4v) is 2.57. The zero-order valence-corrected chi connectivity index (χ0v) is 12.8. The Bertz CT molecular complexity index is 606. The van der Waals surface area contributed by atoms with Crippen molar-refractivity contribution in [2.45, 2.75) is 13.0 Å². The average Bonchev–Trinajstić information content (AvgIpc) is 2.97. The van der Waals surface area contributed by atoms with E-state index in [1.165, 1.54) is 0 Å². The zero-order valence-electron chi connectivity index (χ0n) is 12.8. The summed E-state index contributed by atoms with van der Waals surface area (Å²) in [7, 11) is 4.07. The molecule has 2 N–H and O–H groups in total. The van der Waals surface area contributed by atoms with Crippen LogP contribution in [0.25, 0.3) is 11.4 Å². The summed E-state index contributed by atoms with van der Waals surface area (Å²) < 4.78 is 0. The highest BCUT2D eigenvalue weighted by molar-refractivity contribution is 5.63. The Kier molecular flexibility index (Phi) is 3.79. The molecule has 2 heterocycles. The molecule has 1 saturated heterocycles. The topological polar surface area (TPSA) is 60.1 Å². The van der Waals surface area contributed by atoms with Crippen LogP contribution in [-0.2, 0) is 0 Å². The number of nitrogens with zero attached hydrogens (tertiary/aromatic N) is 4. The molecule has 0 unspecified atom stereocenters. The van der Waals surface area contributed by atoms with Crippen LogP contribution in [0.4, 0.5) is 11.6 Å². The lowest BCUT2D eigenvalue weighted by molar-refractivity contribution is 0.480. The highest BCUT2D eigenvalue weighted by Crippen LogP contribution is 2.22. The molecule has 112 valence electrons. The molecule has 1 aromatic heterocycles. The van der Waals surface area contributed by atoms with E-state index in [9.17, 15) is 0 Å². The Hall–Kier alpha value is -2.08. The summed E-state index contributed by atoms with van der Waals surface area (Å²) in [6, 6.07) is 8.76. The third kappa shape index (κ3) is 3.00. The Labute approximate surface area is 125 Å². The fraction of sp³-hybridized carbons (Fsp3) is 0.467. The van der Waals surface area contributed by atoms with E-state index in [2.05, 4.69) is 55.4 Å². The Morgan fingerprint density at radius 1 is 1.33 bits per heavy atom. The van der Waals surface area contributed by atoms with Gasteiger partial charge in [-0.2, -0.15) is 4.98 Å². The van der Waals surface area contributed by atoms with E-state index < -0.39 is 0 Å². The van der Waals surface area contributed by atoms with E-state index in [1.54, 1.807) is 0 Å². The maximum atomic E-state index is 4.65. The van der Waals surface area contributed by atoms with Crippen molar-refractivity contribution in [1.82, 2.24) is 20.5 Å². The molecule has 0 saturated carbocycles. The van der Waals surface area contributed by atoms with Gasteiger partial charge in [-0.15, -0.1) is 5.10 Å². The minimum Gasteiger partial charge on any atom is -0.378 e. The summed E-state index contributed by atoms with van der Waals surface area (Å²) >= 11 is 0. The molecule has 1 aliphatic rings. The van der Waals surface area contributed by atoms with E-state index in [0.29, 0.717) is 6.04 Å². The molecular weight excluding hydrogens is 264 g/mol. The van der Waals surface area contributed by atoms with Gasteiger partial charge in [0.05, 0.1) is 0 Å². The van der Waals surface area contributed by atoms with Crippen LogP contribution in [0.15, 0.2) is 24.3 Å². The predicted molar refractivity (Wildman–Crippen MR) is 85.8 cm³/mol. The lowest BCUT2D eigenvalue weighted by atomic mass is 10.2. The SMILES string of the molecule is C[C@@H]1CN(c2n[nH]c(-c3cccc(N(C)C)c3)n2)CCN1. The number of rotatable bonds is 3. The van der Waals surface area contributed by atoms with Gasteiger partial charge in [-0.05, 0) is 19.1 Å². The number of aromatic amines is 1. The molecule has 0 aliphatic carbocycles. The highest BCUT2D eigenvalue weighted by atomic mass is 15.4. The van der Waals surface area contributed by atoms with Gasteiger partial charge in [0.1, 0.15) is 0 Å². The van der Waals surface area contributed by atoms with E-state index in [1.807, 2.05) is 20.2 Å². The van der Waals surface area contributed by atoms with Crippen molar-refractivity contribution in [2.24, 2.45) is 0 Å². The van der Waals surface area contributed by atoms with E-state index in [0.717, 1.165) is 42.7 Å². The molecule has 1 atom stereocenters. The molecule has 2 aromatic rings. The van der Waals surface area contributed by atoms with Gasteiger partial charge in [0, 0.05) is 51.0 Å². The van der Waals surface area contributed by atoms with Crippen molar-refractivity contribution >= 4 is 11.6 Å². The second-order valence-corrected chi connectivity index (χ2v) is 5.73. The van der Waals surface area contributed by atoms with E-state index >= 15 is 0 Å². The van der Waals surface area contributed by atoms with Gasteiger partial charge in [0.2, 0.25) is 5.95 Å². The van der Waals surface area contributed by atoms with Crippen LogP contribution in [0, 0.1) is 0 Å². The van der Waals surface area contributed by atoms with Crippen molar-refractivity contribution in [1.29, 1.82) is 0 Å². The molecule has 0 bridgehead atoms. The molecule has 21 heavy (non-hydrogen) atoms. The molecule has 0 radical (unpaired) electrons. The number of piperazine rings is 1. The van der Waals surface area contributed by atoms with Gasteiger partial charge in [-0.25, -0.2) is 0 Å². The predicted octanol–water partition coefficient (Wildman–Crippen LogP) is 1.34. The van der Waals surface area contributed by atoms with Crippen molar-refractivity contribution < 1.29 is 0 Å². The first kappa shape index (κ1) is 13.9. The van der Waals surface area contributed by atoms with Gasteiger partial charge < -0.3 is 15.1 Å². The van der Waals surface area contributed by atoms with Crippen LogP contribution in [0.3, 0.4) is 0 Å². The van der Waals surface area contributed by atoms with E-state index in [-0.39, 0.29) is 0 Å². The maximum Gasteiger partial charge on any atom is 0.245 e. The normalized spacial score (nSPS) is 18.8. The van der Waals surface area contributed by atoms with Crippen molar-refractivity contribution in [3.05, 3.63) is 24.3 Å². The van der Waals surface area contributed by atoms with Gasteiger partial charge >= 0.3 is 0 Å². The van der Waals surface area contributed by atoms with Crippen molar-refractivity contribution in [3.63, 3.8) is 0 Å². The molecular formula is C15H22N6. The summed E-state index contributed by atoms with van der Waals surface area (Å²) in [4.78, 5) is 8.95. The monoisotopic (exact) mass is 286 g/mol.